The van der Waals surface area contributed by atoms with Crippen molar-refractivity contribution in [3.05, 3.63) is 64.3 Å². The molecule has 2 N–H and O–H groups in total. The first kappa shape index (κ1) is 22.3. The van der Waals surface area contributed by atoms with Crippen molar-refractivity contribution < 1.29 is 14.6 Å². The number of nitrogens with two attached hydrogens (primary N) is 1. The molecule has 4 heterocycles. The predicted octanol–water partition coefficient (Wildman–Crippen LogP) is 4.64. The molecule has 5 rings (SSSR count). The molecule has 4 aromatic rings. The van der Waals surface area contributed by atoms with E-state index in [9.17, 15) is 4.79 Å². The van der Waals surface area contributed by atoms with Crippen LogP contribution in [0.4, 0.5) is 0 Å². The number of amides is 1. The van der Waals surface area contributed by atoms with E-state index in [1.54, 1.807) is 0 Å². The fourth-order valence-electron chi connectivity index (χ4n) is 4.60. The number of aromatic nitrogens is 2. The van der Waals surface area contributed by atoms with Gasteiger partial charge in [-0.2, -0.15) is 0 Å². The Bertz CT molecular complexity index is 1270. The van der Waals surface area contributed by atoms with Crippen molar-refractivity contribution in [1.82, 2.24) is 14.6 Å². The number of benzene rings is 1. The normalized spacial score (nSPS) is 15.6. The topological polar surface area (TPSA) is 67.9 Å². The number of quaternary nitrogens is 1. The summed E-state index contributed by atoms with van der Waals surface area (Å²) >= 11 is 7.52. The SMILES string of the molecule is CC(C)N1CCC([NH2+]C(=O)c2cc3ccccc3n2Cc2cc(-c3ccc(Cl)s3)on2)CC1. The number of rotatable bonds is 6. The molecule has 0 unspecified atom stereocenters. The molecule has 1 aliphatic rings. The van der Waals surface area contributed by atoms with Gasteiger partial charge in [0.1, 0.15) is 11.4 Å². The molecule has 33 heavy (non-hydrogen) atoms. The summed E-state index contributed by atoms with van der Waals surface area (Å²) in [5, 5.41) is 7.25. The Morgan fingerprint density at radius 3 is 2.73 bits per heavy atom. The number of halogens is 1. The Hall–Kier alpha value is -2.45. The summed E-state index contributed by atoms with van der Waals surface area (Å²) < 4.78 is 8.33. The van der Waals surface area contributed by atoms with Crippen LogP contribution in [0.1, 0.15) is 42.9 Å². The zero-order valence-corrected chi connectivity index (χ0v) is 20.4. The largest absolute Gasteiger partial charge is 0.359 e. The summed E-state index contributed by atoms with van der Waals surface area (Å²) in [6.07, 6.45) is 2.06. The molecule has 0 saturated carbocycles. The Balaban J connectivity index is 1.38. The lowest BCUT2D eigenvalue weighted by molar-refractivity contribution is -0.598. The van der Waals surface area contributed by atoms with Crippen LogP contribution in [0.2, 0.25) is 4.34 Å². The number of likely N-dealkylation sites (tertiary alicyclic amines) is 1. The van der Waals surface area contributed by atoms with Crippen molar-refractivity contribution in [3.8, 4) is 10.6 Å². The predicted molar refractivity (Wildman–Crippen MR) is 132 cm³/mol. The molecule has 1 saturated heterocycles. The van der Waals surface area contributed by atoms with Gasteiger partial charge in [-0.05, 0) is 38.1 Å². The highest BCUT2D eigenvalue weighted by Gasteiger charge is 2.28. The van der Waals surface area contributed by atoms with Crippen LogP contribution >= 0.6 is 22.9 Å². The fourth-order valence-corrected chi connectivity index (χ4v) is 5.59. The molecule has 0 atom stereocenters. The maximum atomic E-state index is 13.4. The molecule has 1 aromatic carbocycles. The van der Waals surface area contributed by atoms with Crippen molar-refractivity contribution in [1.29, 1.82) is 0 Å². The first-order chi connectivity index (χ1) is 16.0. The average molecular weight is 484 g/mol. The Morgan fingerprint density at radius 1 is 1.21 bits per heavy atom. The minimum absolute atomic E-state index is 0.0861. The van der Waals surface area contributed by atoms with Gasteiger partial charge in [0.15, 0.2) is 5.76 Å². The van der Waals surface area contributed by atoms with E-state index in [4.69, 9.17) is 16.1 Å². The third-order valence-electron chi connectivity index (χ3n) is 6.45. The second kappa shape index (κ2) is 9.43. The van der Waals surface area contributed by atoms with Gasteiger partial charge in [0, 0.05) is 48.9 Å². The summed E-state index contributed by atoms with van der Waals surface area (Å²) in [6.45, 7) is 7.02. The van der Waals surface area contributed by atoms with Crippen LogP contribution < -0.4 is 5.32 Å². The van der Waals surface area contributed by atoms with Crippen LogP contribution in [0.25, 0.3) is 21.5 Å². The highest BCUT2D eigenvalue weighted by atomic mass is 35.5. The first-order valence-electron chi connectivity index (χ1n) is 11.4. The zero-order valence-electron chi connectivity index (χ0n) is 18.8. The van der Waals surface area contributed by atoms with Crippen molar-refractivity contribution >= 4 is 39.7 Å². The average Bonchev–Trinajstić information content (AvgIpc) is 3.53. The van der Waals surface area contributed by atoms with E-state index in [1.165, 1.54) is 11.3 Å². The minimum Gasteiger partial charge on any atom is -0.355 e. The molecule has 1 aliphatic heterocycles. The second-order valence-electron chi connectivity index (χ2n) is 8.96. The van der Waals surface area contributed by atoms with Gasteiger partial charge in [0.05, 0.1) is 21.8 Å². The van der Waals surface area contributed by atoms with Crippen LogP contribution in [-0.4, -0.2) is 45.7 Å². The van der Waals surface area contributed by atoms with Crippen LogP contribution in [0.5, 0.6) is 0 Å². The van der Waals surface area contributed by atoms with E-state index in [0.717, 1.165) is 47.4 Å². The number of carbonyl (C=O) groups is 1. The molecule has 8 heteroatoms. The third kappa shape index (κ3) is 4.77. The lowest BCUT2D eigenvalue weighted by atomic mass is 10.0. The highest BCUT2D eigenvalue weighted by Crippen LogP contribution is 2.31. The monoisotopic (exact) mass is 483 g/mol. The van der Waals surface area contributed by atoms with Crippen LogP contribution in [0.15, 0.2) is 53.1 Å². The summed E-state index contributed by atoms with van der Waals surface area (Å²) in [4.78, 5) is 16.8. The molecule has 0 bridgehead atoms. The molecule has 1 fully saturated rings. The van der Waals surface area contributed by atoms with Crippen LogP contribution in [0.3, 0.4) is 0 Å². The molecule has 6 nitrogen and oxygen atoms in total. The van der Waals surface area contributed by atoms with Gasteiger partial charge in [0.2, 0.25) is 0 Å². The van der Waals surface area contributed by atoms with Crippen molar-refractivity contribution in [3.63, 3.8) is 0 Å². The number of piperidine rings is 1. The van der Waals surface area contributed by atoms with Gasteiger partial charge in [-0.1, -0.05) is 35.0 Å². The molecular weight excluding hydrogens is 456 g/mol. The van der Waals surface area contributed by atoms with Crippen LogP contribution in [-0.2, 0) is 6.54 Å². The van der Waals surface area contributed by atoms with Gasteiger partial charge in [-0.25, -0.2) is 4.79 Å². The summed E-state index contributed by atoms with van der Waals surface area (Å²) in [7, 11) is 0. The van der Waals surface area contributed by atoms with Crippen LogP contribution in [0, 0.1) is 0 Å². The van der Waals surface area contributed by atoms with Gasteiger partial charge in [-0.15, -0.1) is 11.3 Å². The Labute approximate surface area is 202 Å². The minimum atomic E-state index is 0.0861. The lowest BCUT2D eigenvalue weighted by Crippen LogP contribution is -2.94. The molecular formula is C25H28ClN4O2S+. The van der Waals surface area contributed by atoms with E-state index in [2.05, 4.69) is 28.5 Å². The molecule has 3 aromatic heterocycles. The molecule has 172 valence electrons. The highest BCUT2D eigenvalue weighted by molar-refractivity contribution is 7.19. The van der Waals surface area contributed by atoms with E-state index in [0.29, 0.717) is 34.4 Å². The Morgan fingerprint density at radius 2 is 2.00 bits per heavy atom. The van der Waals surface area contributed by atoms with Crippen molar-refractivity contribution in [2.45, 2.75) is 45.3 Å². The summed E-state index contributed by atoms with van der Waals surface area (Å²) in [5.41, 5.74) is 2.49. The molecule has 0 spiro atoms. The fraction of sp³-hybridized carbons (Fsp3) is 0.360. The van der Waals surface area contributed by atoms with Gasteiger partial charge in [-0.3, -0.25) is 5.32 Å². The van der Waals surface area contributed by atoms with Crippen molar-refractivity contribution in [2.24, 2.45) is 0 Å². The molecule has 1 amide bonds. The standard InChI is InChI=1S/C25H27ClN4O2S/c1-16(2)29-11-9-18(10-12-29)27-25(31)21-13-17-5-3-4-6-20(17)30(21)15-19-14-22(32-28-19)23-7-8-24(26)33-23/h3-8,13-14,16,18H,9-12,15H2,1-2H3,(H,27,31)/p+1. The second-order valence-corrected chi connectivity index (χ2v) is 10.7. The molecule has 0 aliphatic carbocycles. The number of hydrogen-bond acceptors (Lipinski definition) is 5. The van der Waals surface area contributed by atoms with E-state index < -0.39 is 0 Å². The van der Waals surface area contributed by atoms with Gasteiger partial charge < -0.3 is 14.0 Å². The maximum Gasteiger partial charge on any atom is 0.359 e. The van der Waals surface area contributed by atoms with E-state index in [1.807, 2.05) is 53.8 Å². The third-order valence-corrected chi connectivity index (χ3v) is 7.70. The van der Waals surface area contributed by atoms with Gasteiger partial charge in [0.25, 0.3) is 0 Å². The number of primary amides is 1. The number of nitrogens with zero attached hydrogens (tertiary/aromatic N) is 3. The smallest absolute Gasteiger partial charge is 0.355 e. The number of thiophene rings is 1. The van der Waals surface area contributed by atoms with E-state index >= 15 is 0 Å². The first-order valence-corrected chi connectivity index (χ1v) is 12.6. The number of carbonyl (C=O) groups excluding carboxylic acids is 1. The lowest BCUT2D eigenvalue weighted by Gasteiger charge is -2.32. The molecule has 0 radical (unpaired) electrons. The quantitative estimate of drug-likeness (QED) is 0.434. The number of fused-ring (bicyclic) bond motifs is 1. The summed E-state index contributed by atoms with van der Waals surface area (Å²) in [6, 6.07) is 16.7. The van der Waals surface area contributed by atoms with Crippen molar-refractivity contribution in [2.75, 3.05) is 13.1 Å². The Kier molecular flexibility index (Phi) is 6.38. The zero-order chi connectivity index (χ0) is 22.9. The van der Waals surface area contributed by atoms with E-state index in [-0.39, 0.29) is 5.91 Å². The maximum absolute atomic E-state index is 13.4. The van der Waals surface area contributed by atoms with Gasteiger partial charge >= 0.3 is 5.91 Å². The number of para-hydroxylation sites is 1. The number of hydrogen-bond donors (Lipinski definition) is 1. The summed E-state index contributed by atoms with van der Waals surface area (Å²) in [5.74, 6) is 0.776.